The molecule has 0 unspecified atom stereocenters. The Hall–Kier alpha value is -3.65. The first kappa shape index (κ1) is 21.2. The second kappa shape index (κ2) is 8.71. The van der Waals surface area contributed by atoms with E-state index < -0.39 is 5.91 Å². The highest BCUT2D eigenvalue weighted by Gasteiger charge is 2.28. The third kappa shape index (κ3) is 4.34. The largest absolute Gasteiger partial charge is 0.501 e. The molecule has 4 heterocycles. The van der Waals surface area contributed by atoms with Crippen molar-refractivity contribution >= 4 is 34.5 Å². The number of anilines is 2. The Bertz CT molecular complexity index is 1150. The lowest BCUT2D eigenvalue weighted by atomic mass is 9.91. The van der Waals surface area contributed by atoms with Crippen molar-refractivity contribution in [3.05, 3.63) is 65.7 Å². The van der Waals surface area contributed by atoms with Crippen LogP contribution in [0.5, 0.6) is 0 Å². The number of pyridine rings is 1. The maximum Gasteiger partial charge on any atom is 0.260 e. The van der Waals surface area contributed by atoms with Crippen LogP contribution < -0.4 is 20.9 Å². The third-order valence-electron chi connectivity index (χ3n) is 6.12. The van der Waals surface area contributed by atoms with Gasteiger partial charge >= 0.3 is 0 Å². The van der Waals surface area contributed by atoms with E-state index in [4.69, 9.17) is 4.74 Å². The Morgan fingerprint density at radius 2 is 1.91 bits per heavy atom. The first-order chi connectivity index (χ1) is 16.0. The lowest BCUT2D eigenvalue weighted by Crippen LogP contribution is -2.54. The summed E-state index contributed by atoms with van der Waals surface area (Å²) in [6.07, 6.45) is 5.93. The van der Waals surface area contributed by atoms with Crippen molar-refractivity contribution in [1.29, 1.82) is 0 Å². The molecule has 170 valence electrons. The molecule has 0 aliphatic carbocycles. The molecule has 0 radical (unpaired) electrons. The van der Waals surface area contributed by atoms with Crippen LogP contribution in [0.3, 0.4) is 0 Å². The maximum atomic E-state index is 12.6. The van der Waals surface area contributed by atoms with Crippen molar-refractivity contribution in [3.8, 4) is 0 Å². The van der Waals surface area contributed by atoms with E-state index in [1.807, 2.05) is 24.3 Å². The van der Waals surface area contributed by atoms with Crippen LogP contribution in [0.2, 0.25) is 0 Å². The van der Waals surface area contributed by atoms with Gasteiger partial charge in [-0.25, -0.2) is 4.98 Å². The monoisotopic (exact) mass is 445 g/mol. The van der Waals surface area contributed by atoms with Crippen molar-refractivity contribution in [2.24, 2.45) is 0 Å². The number of imide groups is 1. The zero-order valence-corrected chi connectivity index (χ0v) is 18.7. The van der Waals surface area contributed by atoms with Gasteiger partial charge in [-0.15, -0.1) is 0 Å². The molecule has 1 aromatic carbocycles. The van der Waals surface area contributed by atoms with E-state index in [-0.39, 0.29) is 5.91 Å². The van der Waals surface area contributed by atoms with Crippen LogP contribution in [-0.2, 0) is 9.53 Å². The molecule has 1 fully saturated rings. The standard InChI is InChI=1S/C25H27N5O3/c1-15-12-30(13-16(2)28-15)23-6-4-19(10-27-23)26-11-22-21-9-17(18-7-8-33-14-18)3-5-20(21)24(31)29-25(22)32/h3-6,9-11,14-16,26,28H,7-8,12-13H2,1-2H3,(H,29,31,32)/b22-11-/t15-,16+. The van der Waals surface area contributed by atoms with Gasteiger partial charge in [0.15, 0.2) is 0 Å². The van der Waals surface area contributed by atoms with Crippen LogP contribution in [0.1, 0.15) is 41.8 Å². The van der Waals surface area contributed by atoms with Gasteiger partial charge in [0, 0.05) is 48.9 Å². The van der Waals surface area contributed by atoms with Crippen molar-refractivity contribution in [1.82, 2.24) is 15.6 Å². The summed E-state index contributed by atoms with van der Waals surface area (Å²) >= 11 is 0. The van der Waals surface area contributed by atoms with E-state index in [9.17, 15) is 9.59 Å². The molecule has 3 aliphatic heterocycles. The SMILES string of the molecule is C[C@@H]1CN(c2ccc(N/C=C3\C(=O)NC(=O)c4ccc(C5=COCC5)cc43)cn2)C[C@H](C)N1. The van der Waals surface area contributed by atoms with E-state index in [1.165, 1.54) is 0 Å². The molecule has 1 saturated heterocycles. The highest BCUT2D eigenvalue weighted by Crippen LogP contribution is 2.30. The number of carbonyl (C=O) groups excluding carboxylic acids is 2. The van der Waals surface area contributed by atoms with Crippen LogP contribution >= 0.6 is 0 Å². The molecular formula is C25H27N5O3. The van der Waals surface area contributed by atoms with E-state index in [0.29, 0.717) is 35.4 Å². The van der Waals surface area contributed by atoms with E-state index in [0.717, 1.165) is 42.2 Å². The number of benzene rings is 1. The Balaban J connectivity index is 1.38. The van der Waals surface area contributed by atoms with Crippen LogP contribution in [0.25, 0.3) is 11.1 Å². The number of aromatic nitrogens is 1. The number of hydrogen-bond acceptors (Lipinski definition) is 7. The Labute approximate surface area is 192 Å². The minimum atomic E-state index is -0.429. The molecule has 3 N–H and O–H groups in total. The van der Waals surface area contributed by atoms with Crippen LogP contribution in [0.4, 0.5) is 11.5 Å². The molecule has 2 amide bonds. The Morgan fingerprint density at radius 3 is 2.61 bits per heavy atom. The number of nitrogens with one attached hydrogen (secondary N) is 3. The lowest BCUT2D eigenvalue weighted by molar-refractivity contribution is -0.114. The summed E-state index contributed by atoms with van der Waals surface area (Å²) in [5, 5.41) is 9.11. The van der Waals surface area contributed by atoms with Crippen molar-refractivity contribution in [3.63, 3.8) is 0 Å². The van der Waals surface area contributed by atoms with Gasteiger partial charge < -0.3 is 20.3 Å². The number of rotatable bonds is 4. The van der Waals surface area contributed by atoms with E-state index >= 15 is 0 Å². The quantitative estimate of drug-likeness (QED) is 0.492. The van der Waals surface area contributed by atoms with Gasteiger partial charge in [-0.3, -0.25) is 14.9 Å². The van der Waals surface area contributed by atoms with Gasteiger partial charge in [-0.2, -0.15) is 0 Å². The third-order valence-corrected chi connectivity index (χ3v) is 6.12. The molecule has 1 aromatic heterocycles. The molecule has 0 saturated carbocycles. The summed E-state index contributed by atoms with van der Waals surface area (Å²) in [6.45, 7) is 6.80. The second-order valence-electron chi connectivity index (χ2n) is 8.79. The van der Waals surface area contributed by atoms with Gasteiger partial charge in [0.05, 0.1) is 30.3 Å². The highest BCUT2D eigenvalue weighted by molar-refractivity contribution is 6.31. The van der Waals surface area contributed by atoms with Gasteiger partial charge in [0.25, 0.3) is 11.8 Å². The number of piperazine rings is 1. The summed E-state index contributed by atoms with van der Waals surface area (Å²) in [6, 6.07) is 10.3. The molecular weight excluding hydrogens is 418 g/mol. The Kier molecular flexibility index (Phi) is 5.60. The normalized spacial score (nSPS) is 23.6. The summed E-state index contributed by atoms with van der Waals surface area (Å²) in [5.41, 5.74) is 4.25. The Morgan fingerprint density at radius 1 is 1.09 bits per heavy atom. The topological polar surface area (TPSA) is 95.6 Å². The maximum absolute atomic E-state index is 12.6. The smallest absolute Gasteiger partial charge is 0.260 e. The average molecular weight is 446 g/mol. The predicted octanol–water partition coefficient (Wildman–Crippen LogP) is 2.75. The molecule has 0 bridgehead atoms. The molecule has 8 heteroatoms. The number of hydrogen-bond donors (Lipinski definition) is 3. The van der Waals surface area contributed by atoms with Gasteiger partial charge in [0.2, 0.25) is 0 Å². The van der Waals surface area contributed by atoms with Gasteiger partial charge in [-0.1, -0.05) is 6.07 Å². The summed E-state index contributed by atoms with van der Waals surface area (Å²) < 4.78 is 5.35. The highest BCUT2D eigenvalue weighted by atomic mass is 16.5. The summed E-state index contributed by atoms with van der Waals surface area (Å²) in [4.78, 5) is 31.9. The zero-order valence-electron chi connectivity index (χ0n) is 18.7. The minimum Gasteiger partial charge on any atom is -0.501 e. The summed E-state index contributed by atoms with van der Waals surface area (Å²) in [5.74, 6) is 0.111. The van der Waals surface area contributed by atoms with E-state index in [1.54, 1.807) is 24.7 Å². The lowest BCUT2D eigenvalue weighted by Gasteiger charge is -2.36. The van der Waals surface area contributed by atoms with Crippen LogP contribution in [0, 0.1) is 0 Å². The predicted molar refractivity (Wildman–Crippen MR) is 128 cm³/mol. The molecule has 2 atom stereocenters. The fourth-order valence-corrected chi connectivity index (χ4v) is 4.60. The van der Waals surface area contributed by atoms with Crippen LogP contribution in [0.15, 0.2) is 49.0 Å². The van der Waals surface area contributed by atoms with Gasteiger partial charge in [0.1, 0.15) is 5.82 Å². The van der Waals surface area contributed by atoms with Gasteiger partial charge in [-0.05, 0) is 49.2 Å². The zero-order chi connectivity index (χ0) is 22.9. The fourth-order valence-electron chi connectivity index (χ4n) is 4.60. The van der Waals surface area contributed by atoms with Crippen molar-refractivity contribution in [2.45, 2.75) is 32.4 Å². The van der Waals surface area contributed by atoms with Crippen LogP contribution in [-0.4, -0.2) is 48.6 Å². The molecule has 8 nitrogen and oxygen atoms in total. The number of carbonyl (C=O) groups is 2. The molecule has 33 heavy (non-hydrogen) atoms. The molecule has 2 aromatic rings. The number of amides is 2. The number of fused-ring (bicyclic) bond motifs is 1. The van der Waals surface area contributed by atoms with E-state index in [2.05, 4.69) is 39.7 Å². The first-order valence-corrected chi connectivity index (χ1v) is 11.2. The number of nitrogens with zero attached hydrogens (tertiary/aromatic N) is 2. The molecule has 5 rings (SSSR count). The molecule has 3 aliphatic rings. The minimum absolute atomic E-state index is 0.388. The van der Waals surface area contributed by atoms with Crippen molar-refractivity contribution < 1.29 is 14.3 Å². The second-order valence-corrected chi connectivity index (χ2v) is 8.79. The fraction of sp³-hybridized carbons (Fsp3) is 0.320. The first-order valence-electron chi connectivity index (χ1n) is 11.2. The summed E-state index contributed by atoms with van der Waals surface area (Å²) in [7, 11) is 0. The number of ether oxygens (including phenoxy) is 1. The molecule has 0 spiro atoms. The van der Waals surface area contributed by atoms with Crippen molar-refractivity contribution in [2.75, 3.05) is 29.9 Å². The average Bonchev–Trinajstić information content (AvgIpc) is 3.33.